The third-order valence-electron chi connectivity index (χ3n) is 2.67. The summed E-state index contributed by atoms with van der Waals surface area (Å²) >= 11 is 0. The third kappa shape index (κ3) is 3.23. The first-order valence-corrected chi connectivity index (χ1v) is 5.33. The van der Waals surface area contributed by atoms with Crippen LogP contribution in [0.1, 0.15) is 18.9 Å². The number of carbonyl (C=O) groups is 1. The zero-order valence-corrected chi connectivity index (χ0v) is 9.78. The van der Waals surface area contributed by atoms with Gasteiger partial charge in [0.15, 0.2) is 0 Å². The van der Waals surface area contributed by atoms with Crippen molar-refractivity contribution in [3.63, 3.8) is 0 Å². The summed E-state index contributed by atoms with van der Waals surface area (Å²) in [5, 5.41) is 8.93. The molecule has 0 radical (unpaired) electrons. The molecular weight excluding hydrogens is 228 g/mol. The van der Waals surface area contributed by atoms with Crippen molar-refractivity contribution in [2.75, 3.05) is 7.05 Å². The monoisotopic (exact) mass is 243 g/mol. The first-order valence-electron chi connectivity index (χ1n) is 5.33. The van der Waals surface area contributed by atoms with Gasteiger partial charge in [-0.05, 0) is 25.6 Å². The minimum Gasteiger partial charge on any atom is -0.480 e. The van der Waals surface area contributed by atoms with Crippen molar-refractivity contribution in [3.05, 3.63) is 35.4 Å². The maximum atomic E-state index is 13.4. The fraction of sp³-hybridized carbons (Fsp3) is 0.417. The van der Waals surface area contributed by atoms with E-state index in [4.69, 9.17) is 5.11 Å². The highest BCUT2D eigenvalue weighted by Crippen LogP contribution is 2.16. The van der Waals surface area contributed by atoms with Gasteiger partial charge in [-0.1, -0.05) is 13.0 Å². The number of benzene rings is 1. The average molecular weight is 243 g/mol. The second kappa shape index (κ2) is 5.72. The molecule has 0 aliphatic carbocycles. The average Bonchev–Trinajstić information content (AvgIpc) is 2.24. The molecule has 0 saturated carbocycles. The van der Waals surface area contributed by atoms with Gasteiger partial charge in [0.1, 0.15) is 17.7 Å². The van der Waals surface area contributed by atoms with Crippen LogP contribution in [0.2, 0.25) is 0 Å². The summed E-state index contributed by atoms with van der Waals surface area (Å²) in [6, 6.07) is 2.86. The Morgan fingerprint density at radius 2 is 1.94 bits per heavy atom. The van der Waals surface area contributed by atoms with Crippen LogP contribution in [-0.2, 0) is 11.3 Å². The van der Waals surface area contributed by atoms with Crippen LogP contribution < -0.4 is 0 Å². The second-order valence-electron chi connectivity index (χ2n) is 3.88. The van der Waals surface area contributed by atoms with Gasteiger partial charge in [-0.3, -0.25) is 9.69 Å². The molecule has 1 aromatic rings. The maximum Gasteiger partial charge on any atom is 0.320 e. The SMILES string of the molecule is CCC(C(=O)O)N(C)Cc1c(F)cccc1F. The highest BCUT2D eigenvalue weighted by Gasteiger charge is 2.22. The van der Waals surface area contributed by atoms with Gasteiger partial charge < -0.3 is 5.11 Å². The Labute approximate surface area is 98.7 Å². The number of nitrogens with zero attached hydrogens (tertiary/aromatic N) is 1. The Kier molecular flexibility index (Phi) is 4.57. The molecule has 0 spiro atoms. The molecule has 1 atom stereocenters. The van der Waals surface area contributed by atoms with Gasteiger partial charge in [-0.2, -0.15) is 0 Å². The first-order chi connectivity index (χ1) is 7.97. The topological polar surface area (TPSA) is 40.5 Å². The lowest BCUT2D eigenvalue weighted by molar-refractivity contribution is -0.143. The Balaban J connectivity index is 2.87. The zero-order valence-electron chi connectivity index (χ0n) is 9.78. The van der Waals surface area contributed by atoms with Crippen LogP contribution in [0.4, 0.5) is 8.78 Å². The fourth-order valence-corrected chi connectivity index (χ4v) is 1.72. The summed E-state index contributed by atoms with van der Waals surface area (Å²) in [5.74, 6) is -2.30. The highest BCUT2D eigenvalue weighted by molar-refractivity contribution is 5.73. The fourth-order valence-electron chi connectivity index (χ4n) is 1.72. The quantitative estimate of drug-likeness (QED) is 0.862. The molecule has 0 saturated heterocycles. The number of halogens is 2. The highest BCUT2D eigenvalue weighted by atomic mass is 19.1. The summed E-state index contributed by atoms with van der Waals surface area (Å²) in [5.41, 5.74) is -0.102. The van der Waals surface area contributed by atoms with E-state index < -0.39 is 23.6 Å². The van der Waals surface area contributed by atoms with Crippen molar-refractivity contribution in [2.45, 2.75) is 25.9 Å². The molecular formula is C12H15F2NO2. The second-order valence-corrected chi connectivity index (χ2v) is 3.88. The molecule has 1 N–H and O–H groups in total. The minimum atomic E-state index is -0.994. The number of carboxylic acid groups (broad SMARTS) is 1. The maximum absolute atomic E-state index is 13.4. The molecule has 1 unspecified atom stereocenters. The smallest absolute Gasteiger partial charge is 0.320 e. The van der Waals surface area contributed by atoms with Crippen LogP contribution in [0.25, 0.3) is 0 Å². The van der Waals surface area contributed by atoms with Crippen molar-refractivity contribution in [1.29, 1.82) is 0 Å². The molecule has 17 heavy (non-hydrogen) atoms. The Hall–Kier alpha value is -1.49. The Morgan fingerprint density at radius 1 is 1.41 bits per heavy atom. The number of likely N-dealkylation sites (N-methyl/N-ethyl adjacent to an activating group) is 1. The molecule has 1 aromatic carbocycles. The lowest BCUT2D eigenvalue weighted by Crippen LogP contribution is -2.37. The van der Waals surface area contributed by atoms with Gasteiger partial charge in [0.05, 0.1) is 0 Å². The third-order valence-corrected chi connectivity index (χ3v) is 2.67. The van der Waals surface area contributed by atoms with Crippen LogP contribution in [0.15, 0.2) is 18.2 Å². The van der Waals surface area contributed by atoms with E-state index in [1.54, 1.807) is 6.92 Å². The van der Waals surface area contributed by atoms with E-state index in [0.717, 1.165) is 12.1 Å². The molecule has 0 amide bonds. The van der Waals surface area contributed by atoms with E-state index in [1.165, 1.54) is 18.0 Å². The Bertz CT molecular complexity index is 389. The van der Waals surface area contributed by atoms with Gasteiger partial charge >= 0.3 is 5.97 Å². The zero-order chi connectivity index (χ0) is 13.0. The van der Waals surface area contributed by atoms with E-state index >= 15 is 0 Å². The molecule has 5 heteroatoms. The predicted molar refractivity (Wildman–Crippen MR) is 59.5 cm³/mol. The summed E-state index contributed by atoms with van der Waals surface area (Å²) in [7, 11) is 1.54. The number of hydrogen-bond donors (Lipinski definition) is 1. The number of rotatable bonds is 5. The van der Waals surface area contributed by atoms with Crippen molar-refractivity contribution in [3.8, 4) is 0 Å². The molecule has 1 rings (SSSR count). The van der Waals surface area contributed by atoms with Crippen molar-refractivity contribution >= 4 is 5.97 Å². The van der Waals surface area contributed by atoms with Gasteiger partial charge in [0.25, 0.3) is 0 Å². The van der Waals surface area contributed by atoms with Crippen molar-refractivity contribution < 1.29 is 18.7 Å². The van der Waals surface area contributed by atoms with E-state index in [-0.39, 0.29) is 12.1 Å². The normalized spacial score (nSPS) is 12.8. The van der Waals surface area contributed by atoms with Gasteiger partial charge in [0, 0.05) is 12.1 Å². The van der Waals surface area contributed by atoms with E-state index in [2.05, 4.69) is 0 Å². The minimum absolute atomic E-state index is 0.0662. The van der Waals surface area contributed by atoms with E-state index in [9.17, 15) is 13.6 Å². The standard InChI is InChI=1S/C12H15F2NO2/c1-3-11(12(16)17)15(2)7-8-9(13)5-4-6-10(8)14/h4-6,11H,3,7H2,1-2H3,(H,16,17). The van der Waals surface area contributed by atoms with Gasteiger partial charge in [-0.25, -0.2) is 8.78 Å². The predicted octanol–water partition coefficient (Wildman–Crippen LogP) is 2.26. The number of aliphatic carboxylic acids is 1. The molecule has 0 aliphatic rings. The van der Waals surface area contributed by atoms with Crippen LogP contribution >= 0.6 is 0 Å². The van der Waals surface area contributed by atoms with E-state index in [1.807, 2.05) is 0 Å². The lowest BCUT2D eigenvalue weighted by Gasteiger charge is -2.23. The lowest BCUT2D eigenvalue weighted by atomic mass is 10.1. The molecule has 0 heterocycles. The summed E-state index contributed by atoms with van der Waals surface area (Å²) in [4.78, 5) is 12.3. The molecule has 94 valence electrons. The Morgan fingerprint density at radius 3 is 2.35 bits per heavy atom. The van der Waals surface area contributed by atoms with Crippen LogP contribution in [0.5, 0.6) is 0 Å². The van der Waals surface area contributed by atoms with Gasteiger partial charge in [0.2, 0.25) is 0 Å². The molecule has 0 aromatic heterocycles. The van der Waals surface area contributed by atoms with Gasteiger partial charge in [-0.15, -0.1) is 0 Å². The molecule has 0 fully saturated rings. The van der Waals surface area contributed by atoms with Crippen LogP contribution in [0.3, 0.4) is 0 Å². The molecule has 3 nitrogen and oxygen atoms in total. The molecule has 0 aliphatic heterocycles. The largest absolute Gasteiger partial charge is 0.480 e. The van der Waals surface area contributed by atoms with E-state index in [0.29, 0.717) is 6.42 Å². The molecule has 0 bridgehead atoms. The van der Waals surface area contributed by atoms with Crippen LogP contribution in [-0.4, -0.2) is 29.1 Å². The van der Waals surface area contributed by atoms with Crippen molar-refractivity contribution in [1.82, 2.24) is 4.90 Å². The van der Waals surface area contributed by atoms with Crippen molar-refractivity contribution in [2.24, 2.45) is 0 Å². The first kappa shape index (κ1) is 13.6. The summed E-state index contributed by atoms with van der Waals surface area (Å²) < 4.78 is 26.7. The summed E-state index contributed by atoms with van der Waals surface area (Å²) in [6.45, 7) is 1.65. The summed E-state index contributed by atoms with van der Waals surface area (Å²) in [6.07, 6.45) is 0.377. The number of hydrogen-bond acceptors (Lipinski definition) is 2. The van der Waals surface area contributed by atoms with Crippen LogP contribution in [0, 0.1) is 11.6 Å². The number of carboxylic acids is 1.